The first-order valence-corrected chi connectivity index (χ1v) is 22.4. The third-order valence-electron chi connectivity index (χ3n) is 12.7. The van der Waals surface area contributed by atoms with E-state index in [4.69, 9.17) is 28.4 Å². The van der Waals surface area contributed by atoms with E-state index in [1.165, 1.54) is 13.8 Å². The van der Waals surface area contributed by atoms with Gasteiger partial charge in [-0.2, -0.15) is 0 Å². The first-order valence-electron chi connectivity index (χ1n) is 22.4. The first-order chi connectivity index (χ1) is 32.3. The molecule has 4 aromatic carbocycles. The molecule has 2 aliphatic rings. The fraction of sp³-hybridized carbons (Fsp3) is 0.385. The smallest absolute Gasteiger partial charge is 0.303 e. The van der Waals surface area contributed by atoms with Crippen LogP contribution < -0.4 is 20.6 Å². The summed E-state index contributed by atoms with van der Waals surface area (Å²) in [6, 6.07) is 22.9. The molecule has 8 rings (SSSR count). The number of nitrogens with one attached hydrogen (secondary N) is 2. The van der Waals surface area contributed by atoms with Gasteiger partial charge in [0.25, 0.3) is 11.1 Å². The van der Waals surface area contributed by atoms with Crippen molar-refractivity contribution >= 4 is 33.5 Å². The minimum atomic E-state index is -1.51. The molecule has 360 valence electrons. The van der Waals surface area contributed by atoms with Crippen molar-refractivity contribution in [3.63, 3.8) is 0 Å². The number of aliphatic hydroxyl groups is 4. The number of hydrogen-bond acceptors (Lipinski definition) is 14. The normalized spacial score (nSPS) is 24.7. The lowest BCUT2D eigenvalue weighted by Gasteiger charge is -2.43. The van der Waals surface area contributed by atoms with Crippen LogP contribution in [0.3, 0.4) is 0 Å². The van der Waals surface area contributed by atoms with Crippen molar-refractivity contribution < 1.29 is 58.4 Å². The van der Waals surface area contributed by atoms with Crippen LogP contribution in [0.25, 0.3) is 43.8 Å². The minimum absolute atomic E-state index is 0.0378. The Kier molecular flexibility index (Phi) is 15.2. The monoisotopic (exact) mass is 934 g/mol. The highest BCUT2D eigenvalue weighted by Gasteiger charge is 2.46. The number of pyridine rings is 2. The number of esters is 2. The van der Waals surface area contributed by atoms with E-state index in [2.05, 4.69) is 9.97 Å². The number of fused-ring (bicyclic) bond motifs is 2. The van der Waals surface area contributed by atoms with Gasteiger partial charge in [-0.3, -0.25) is 19.2 Å². The van der Waals surface area contributed by atoms with E-state index in [0.29, 0.717) is 22.3 Å². The molecule has 10 atom stereocenters. The molecule has 2 fully saturated rings. The Morgan fingerprint density at radius 3 is 1.51 bits per heavy atom. The van der Waals surface area contributed by atoms with E-state index < -0.39 is 61.8 Å². The van der Waals surface area contributed by atoms with Crippen LogP contribution in [-0.2, 0) is 28.5 Å². The maximum absolute atomic E-state index is 12.3. The lowest BCUT2D eigenvalue weighted by Crippen LogP contribution is -2.60. The standard InChI is InChI=1S/C29H33NO7.C23H25NO7/c1-15-11-23(22-8-7-21-9-10-30-28(33)24(21)13-22)12-16(2)26(15)37-29-27(35-20(6)32)18(4)17(3)25(36-29)14-34-19(5)31;1-11-7-15(14-4-3-13-5-6-24-22(29)16(13)9-14)8-12(2)21(11)31-23-20(28)19(27)18(26)17(10-25)30-23/h7-13,17-18,25,27,29H,14H2,1-6H3,(H,30,33);3-9,17-20,23,25-28H,10H2,1-2H3,(H,24,29). The Morgan fingerprint density at radius 1 is 0.588 bits per heavy atom. The Morgan fingerprint density at radius 2 is 1.06 bits per heavy atom. The summed E-state index contributed by atoms with van der Waals surface area (Å²) < 4.78 is 34.7. The fourth-order valence-electron chi connectivity index (χ4n) is 8.83. The first kappa shape index (κ1) is 49.5. The third kappa shape index (κ3) is 10.7. The molecular formula is C52H58N2O14. The van der Waals surface area contributed by atoms with Gasteiger partial charge >= 0.3 is 11.9 Å². The van der Waals surface area contributed by atoms with Gasteiger partial charge < -0.3 is 58.8 Å². The summed E-state index contributed by atoms with van der Waals surface area (Å²) in [6.07, 6.45) is -5.40. The second-order valence-electron chi connectivity index (χ2n) is 17.7. The number of carbonyl (C=O) groups is 2. The predicted molar refractivity (Wildman–Crippen MR) is 253 cm³/mol. The molecule has 16 heteroatoms. The Bertz CT molecular complexity index is 2880. The molecule has 0 radical (unpaired) electrons. The Hall–Kier alpha value is -6.40. The molecule has 0 aliphatic carbocycles. The van der Waals surface area contributed by atoms with Crippen LogP contribution >= 0.6 is 0 Å². The average molecular weight is 935 g/mol. The maximum Gasteiger partial charge on any atom is 0.303 e. The lowest BCUT2D eigenvalue weighted by atomic mass is 9.83. The van der Waals surface area contributed by atoms with Gasteiger partial charge in [0.1, 0.15) is 42.5 Å². The number of hydrogen-bond donors (Lipinski definition) is 6. The highest BCUT2D eigenvalue weighted by Crippen LogP contribution is 2.38. The van der Waals surface area contributed by atoms with E-state index in [1.807, 2.05) is 114 Å². The van der Waals surface area contributed by atoms with Crippen molar-refractivity contribution in [1.29, 1.82) is 0 Å². The number of ether oxygens (including phenoxy) is 6. The summed E-state index contributed by atoms with van der Waals surface area (Å²) in [6.45, 7) is 13.8. The van der Waals surface area contributed by atoms with E-state index in [-0.39, 0.29) is 35.5 Å². The molecule has 6 aromatic rings. The van der Waals surface area contributed by atoms with E-state index in [0.717, 1.165) is 55.3 Å². The van der Waals surface area contributed by atoms with Gasteiger partial charge in [0.15, 0.2) is 6.10 Å². The van der Waals surface area contributed by atoms with Crippen LogP contribution in [0.4, 0.5) is 0 Å². The number of carbonyl (C=O) groups excluding carboxylic acids is 2. The number of aryl methyl sites for hydroxylation is 4. The molecule has 0 spiro atoms. The summed E-state index contributed by atoms with van der Waals surface area (Å²) in [5.74, 6) is 0.142. The number of aliphatic hydroxyl groups excluding tert-OH is 4. The van der Waals surface area contributed by atoms with Crippen molar-refractivity contribution in [3.05, 3.63) is 128 Å². The van der Waals surface area contributed by atoms with Gasteiger partial charge in [-0.05, 0) is 137 Å². The topological polar surface area (TPSA) is 236 Å². The lowest BCUT2D eigenvalue weighted by molar-refractivity contribution is -0.277. The van der Waals surface area contributed by atoms with Gasteiger partial charge in [-0.1, -0.05) is 38.1 Å². The zero-order valence-corrected chi connectivity index (χ0v) is 39.1. The average Bonchev–Trinajstić information content (AvgIpc) is 3.30. The van der Waals surface area contributed by atoms with Gasteiger partial charge in [-0.25, -0.2) is 0 Å². The molecule has 2 aromatic heterocycles. The number of benzene rings is 4. The Balaban J connectivity index is 0.000000204. The molecule has 0 bridgehead atoms. The molecule has 0 saturated carbocycles. The SMILES string of the molecule is CC(=O)OCC1OC(Oc2c(C)cc(-c3ccc4cc[nH]c(=O)c4c3)cc2C)C(OC(C)=O)C(C)C1C.Cc1cc(-c2ccc3cc[nH]c(=O)c3c2)cc(C)c1OC1OC(CO)C(O)C(O)C1O. The van der Waals surface area contributed by atoms with Gasteiger partial charge in [-0.15, -0.1) is 0 Å². The largest absolute Gasteiger partial charge is 0.463 e. The zero-order valence-electron chi connectivity index (χ0n) is 39.1. The molecule has 10 unspecified atom stereocenters. The van der Waals surface area contributed by atoms with Crippen molar-refractivity contribution in [3.8, 4) is 33.8 Å². The minimum Gasteiger partial charge on any atom is -0.463 e. The highest BCUT2D eigenvalue weighted by molar-refractivity contribution is 5.88. The van der Waals surface area contributed by atoms with Crippen LogP contribution in [0.5, 0.6) is 11.5 Å². The molecule has 0 amide bonds. The quantitative estimate of drug-likeness (QED) is 0.0909. The molecule has 16 nitrogen and oxygen atoms in total. The molecule has 2 saturated heterocycles. The Labute approximate surface area is 392 Å². The van der Waals surface area contributed by atoms with Crippen LogP contribution in [0.1, 0.15) is 49.9 Å². The molecule has 2 aliphatic heterocycles. The summed E-state index contributed by atoms with van der Waals surface area (Å²) >= 11 is 0. The predicted octanol–water partition coefficient (Wildman–Crippen LogP) is 5.67. The number of aromatic nitrogens is 2. The van der Waals surface area contributed by atoms with Crippen LogP contribution in [0.15, 0.2) is 94.8 Å². The number of H-pyrrole nitrogens is 2. The van der Waals surface area contributed by atoms with Crippen molar-refractivity contribution in [2.24, 2.45) is 11.8 Å². The second-order valence-corrected chi connectivity index (χ2v) is 17.7. The van der Waals surface area contributed by atoms with E-state index in [9.17, 15) is 39.6 Å². The van der Waals surface area contributed by atoms with E-state index >= 15 is 0 Å². The van der Waals surface area contributed by atoms with Gasteiger partial charge in [0.05, 0.1) is 12.7 Å². The third-order valence-corrected chi connectivity index (χ3v) is 12.7. The summed E-state index contributed by atoms with van der Waals surface area (Å²) in [5, 5.41) is 42.5. The van der Waals surface area contributed by atoms with Crippen LogP contribution in [0, 0.1) is 39.5 Å². The second kappa shape index (κ2) is 20.9. The van der Waals surface area contributed by atoms with Crippen LogP contribution in [0.2, 0.25) is 0 Å². The summed E-state index contributed by atoms with van der Waals surface area (Å²) in [4.78, 5) is 53.1. The van der Waals surface area contributed by atoms with Crippen molar-refractivity contribution in [1.82, 2.24) is 9.97 Å². The number of rotatable bonds is 10. The summed E-state index contributed by atoms with van der Waals surface area (Å²) in [7, 11) is 0. The summed E-state index contributed by atoms with van der Waals surface area (Å²) in [5.41, 5.74) is 6.58. The van der Waals surface area contributed by atoms with Gasteiger partial charge in [0, 0.05) is 42.9 Å². The molecular weight excluding hydrogens is 877 g/mol. The van der Waals surface area contributed by atoms with Crippen LogP contribution in [-0.4, -0.2) is 105 Å². The van der Waals surface area contributed by atoms with E-state index in [1.54, 1.807) is 12.4 Å². The molecule has 68 heavy (non-hydrogen) atoms. The maximum atomic E-state index is 12.3. The number of aromatic amines is 2. The molecule has 4 heterocycles. The van der Waals surface area contributed by atoms with Crippen molar-refractivity contribution in [2.45, 2.75) is 105 Å². The fourth-order valence-corrected chi connectivity index (χ4v) is 8.83. The molecule has 6 N–H and O–H groups in total. The highest BCUT2D eigenvalue weighted by atomic mass is 16.7. The van der Waals surface area contributed by atoms with Gasteiger partial charge in [0.2, 0.25) is 12.6 Å². The van der Waals surface area contributed by atoms with Crippen molar-refractivity contribution in [2.75, 3.05) is 13.2 Å². The zero-order chi connectivity index (χ0) is 49.1.